The third kappa shape index (κ3) is 15.1. The molecule has 0 aromatic carbocycles. The molecule has 2 rings (SSSR count). The van der Waals surface area contributed by atoms with Crippen LogP contribution in [0, 0.1) is 6.92 Å². The molecule has 3 heteroatoms. The molecule has 1 aromatic rings. The maximum Gasteiger partial charge on any atom is 0.251 e. The van der Waals surface area contributed by atoms with Crippen molar-refractivity contribution in [3.05, 3.63) is 18.2 Å². The Balaban J connectivity index is 0.000000330. The van der Waals surface area contributed by atoms with Gasteiger partial charge < -0.3 is 4.48 Å². The van der Waals surface area contributed by atoms with Crippen LogP contribution in [-0.2, 0) is 6.54 Å². The second kappa shape index (κ2) is 19.6. The highest BCUT2D eigenvalue weighted by atomic mass is 15.3. The lowest BCUT2D eigenvalue weighted by atomic mass is 10.1. The molecule has 0 amide bonds. The molecule has 0 bridgehead atoms. The number of quaternary nitrogens is 1. The van der Waals surface area contributed by atoms with Crippen molar-refractivity contribution >= 4 is 0 Å². The maximum atomic E-state index is 3.19. The Kier molecular flexibility index (Phi) is 17.9. The van der Waals surface area contributed by atoms with Crippen molar-refractivity contribution in [3.63, 3.8) is 0 Å². The summed E-state index contributed by atoms with van der Waals surface area (Å²) in [5, 5.41) is 0. The van der Waals surface area contributed by atoms with Crippen molar-refractivity contribution in [2.75, 3.05) is 26.7 Å². The molecule has 1 aliphatic rings. The Morgan fingerprint density at radius 2 is 1.19 bits per heavy atom. The Hall–Kier alpha value is -0.830. The lowest BCUT2D eigenvalue weighted by molar-refractivity contribution is -0.897. The number of imidazole rings is 1. The lowest BCUT2D eigenvalue weighted by Gasteiger charge is -2.29. The van der Waals surface area contributed by atoms with E-state index in [0.29, 0.717) is 0 Å². The van der Waals surface area contributed by atoms with Crippen molar-refractivity contribution in [1.29, 1.82) is 0 Å². The molecular formula is C29H59N3+2. The minimum atomic E-state index is 1.17. The van der Waals surface area contributed by atoms with E-state index in [9.17, 15) is 0 Å². The molecule has 0 radical (unpaired) electrons. The summed E-state index contributed by atoms with van der Waals surface area (Å²) < 4.78 is 3.66. The molecule has 1 saturated heterocycles. The maximum absolute atomic E-state index is 3.19. The SMILES string of the molecule is CCCCCCCCCCCC[N+]1(C)CCCC1.CCCCCCCC[n+]1cc[nH]c1C. The fourth-order valence-corrected chi connectivity index (χ4v) is 5.05. The molecule has 2 heterocycles. The van der Waals surface area contributed by atoms with Gasteiger partial charge in [0.15, 0.2) is 0 Å². The average molecular weight is 450 g/mol. The number of aromatic nitrogens is 2. The number of nitrogens with one attached hydrogen (secondary N) is 1. The number of aryl methyl sites for hydroxylation is 2. The zero-order valence-corrected chi connectivity index (χ0v) is 22.6. The van der Waals surface area contributed by atoms with E-state index in [1.807, 2.05) is 6.20 Å². The van der Waals surface area contributed by atoms with Gasteiger partial charge in [-0.2, -0.15) is 0 Å². The van der Waals surface area contributed by atoms with E-state index >= 15 is 0 Å². The van der Waals surface area contributed by atoms with E-state index in [1.165, 1.54) is 152 Å². The van der Waals surface area contributed by atoms with Crippen LogP contribution in [0.1, 0.15) is 135 Å². The van der Waals surface area contributed by atoms with Crippen LogP contribution in [0.3, 0.4) is 0 Å². The van der Waals surface area contributed by atoms with Gasteiger partial charge in [-0.1, -0.05) is 90.9 Å². The van der Waals surface area contributed by atoms with Gasteiger partial charge in [-0.05, 0) is 25.7 Å². The summed E-state index contributed by atoms with van der Waals surface area (Å²) >= 11 is 0. The number of unbranched alkanes of at least 4 members (excludes halogenated alkanes) is 14. The van der Waals surface area contributed by atoms with Gasteiger partial charge in [0.1, 0.15) is 12.4 Å². The minimum absolute atomic E-state index is 1.17. The van der Waals surface area contributed by atoms with Gasteiger partial charge >= 0.3 is 0 Å². The van der Waals surface area contributed by atoms with Crippen LogP contribution < -0.4 is 4.57 Å². The van der Waals surface area contributed by atoms with Gasteiger partial charge in [0.05, 0.1) is 33.2 Å². The van der Waals surface area contributed by atoms with Crippen molar-refractivity contribution in [2.24, 2.45) is 0 Å². The van der Waals surface area contributed by atoms with Crippen LogP contribution in [0.4, 0.5) is 0 Å². The van der Waals surface area contributed by atoms with E-state index in [2.05, 4.69) is 43.6 Å². The number of hydrogen-bond acceptors (Lipinski definition) is 0. The predicted molar refractivity (Wildman–Crippen MR) is 141 cm³/mol. The smallest absolute Gasteiger partial charge is 0.251 e. The zero-order chi connectivity index (χ0) is 23.3. The highest BCUT2D eigenvalue weighted by molar-refractivity contribution is 4.70. The van der Waals surface area contributed by atoms with Gasteiger partial charge in [0, 0.05) is 19.8 Å². The zero-order valence-electron chi connectivity index (χ0n) is 22.6. The molecule has 0 unspecified atom stereocenters. The van der Waals surface area contributed by atoms with E-state index in [-0.39, 0.29) is 0 Å². The molecule has 188 valence electrons. The lowest BCUT2D eigenvalue weighted by Crippen LogP contribution is -2.41. The third-order valence-electron chi connectivity index (χ3n) is 7.43. The topological polar surface area (TPSA) is 19.7 Å². The number of H-pyrrole nitrogens is 1. The largest absolute Gasteiger partial charge is 0.326 e. The summed E-state index contributed by atoms with van der Waals surface area (Å²) in [6, 6.07) is 0. The quantitative estimate of drug-likeness (QED) is 0.133. The number of hydrogen-bond donors (Lipinski definition) is 1. The number of aromatic amines is 1. The van der Waals surface area contributed by atoms with Crippen molar-refractivity contribution < 1.29 is 9.05 Å². The van der Waals surface area contributed by atoms with E-state index < -0.39 is 0 Å². The van der Waals surface area contributed by atoms with E-state index in [4.69, 9.17) is 0 Å². The molecule has 0 spiro atoms. The number of nitrogens with zero attached hydrogens (tertiary/aromatic N) is 2. The normalized spacial score (nSPS) is 15.0. The van der Waals surface area contributed by atoms with Gasteiger partial charge in [-0.15, -0.1) is 0 Å². The van der Waals surface area contributed by atoms with Crippen LogP contribution in [0.2, 0.25) is 0 Å². The average Bonchev–Trinajstić information content (AvgIpc) is 3.41. The minimum Gasteiger partial charge on any atom is -0.326 e. The first-order chi connectivity index (χ1) is 15.6. The van der Waals surface area contributed by atoms with Crippen LogP contribution in [0.5, 0.6) is 0 Å². The summed E-state index contributed by atoms with van der Waals surface area (Å²) in [4.78, 5) is 3.19. The number of rotatable bonds is 18. The standard InChI is InChI=1S/C17H36N.C12H22N2/c1-3-4-5-6-7-8-9-10-11-12-15-18(2)16-13-14-17-18;1-3-4-5-6-7-8-10-14-11-9-13-12(14)2/h3-17H2,1-2H3;9,11H,3-8,10H2,1-2H3/q+1;/p+1. The second-order valence-corrected chi connectivity index (χ2v) is 10.7. The van der Waals surface area contributed by atoms with E-state index in [0.717, 1.165) is 0 Å². The molecule has 1 aliphatic heterocycles. The summed E-state index contributed by atoms with van der Waals surface area (Å²) in [5.41, 5.74) is 0. The van der Waals surface area contributed by atoms with Crippen LogP contribution in [0.15, 0.2) is 12.4 Å². The Morgan fingerprint density at radius 1 is 0.719 bits per heavy atom. The Labute approximate surface area is 202 Å². The molecule has 0 aliphatic carbocycles. The second-order valence-electron chi connectivity index (χ2n) is 10.7. The first-order valence-electron chi connectivity index (χ1n) is 14.5. The molecule has 1 aromatic heterocycles. The van der Waals surface area contributed by atoms with Gasteiger partial charge in [0.2, 0.25) is 0 Å². The molecule has 1 fully saturated rings. The Morgan fingerprint density at radius 3 is 1.66 bits per heavy atom. The predicted octanol–water partition coefficient (Wildman–Crippen LogP) is 8.12. The van der Waals surface area contributed by atoms with Crippen LogP contribution in [-0.4, -0.2) is 36.1 Å². The molecule has 1 N–H and O–H groups in total. The monoisotopic (exact) mass is 449 g/mol. The first-order valence-corrected chi connectivity index (χ1v) is 14.5. The van der Waals surface area contributed by atoms with E-state index in [1.54, 1.807) is 0 Å². The van der Waals surface area contributed by atoms with Gasteiger partial charge in [-0.3, -0.25) is 0 Å². The van der Waals surface area contributed by atoms with Crippen molar-refractivity contribution in [3.8, 4) is 0 Å². The van der Waals surface area contributed by atoms with Gasteiger partial charge in [-0.25, -0.2) is 9.55 Å². The number of likely N-dealkylation sites (tertiary alicyclic amines) is 1. The first kappa shape index (κ1) is 29.2. The summed E-state index contributed by atoms with van der Waals surface area (Å²) in [5.74, 6) is 1.26. The highest BCUT2D eigenvalue weighted by Gasteiger charge is 2.25. The summed E-state index contributed by atoms with van der Waals surface area (Å²) in [6.07, 6.45) is 29.9. The fraction of sp³-hybridized carbons (Fsp3) is 0.897. The summed E-state index contributed by atoms with van der Waals surface area (Å²) in [6.45, 7) is 12.2. The molecular weight excluding hydrogens is 390 g/mol. The third-order valence-corrected chi connectivity index (χ3v) is 7.43. The van der Waals surface area contributed by atoms with Crippen LogP contribution >= 0.6 is 0 Å². The van der Waals surface area contributed by atoms with Crippen LogP contribution in [0.25, 0.3) is 0 Å². The molecule has 32 heavy (non-hydrogen) atoms. The Bertz CT molecular complexity index is 516. The van der Waals surface area contributed by atoms with Crippen molar-refractivity contribution in [1.82, 2.24) is 4.98 Å². The molecule has 0 atom stereocenters. The fourth-order valence-electron chi connectivity index (χ4n) is 5.05. The molecule has 3 nitrogen and oxygen atoms in total. The van der Waals surface area contributed by atoms with Gasteiger partial charge in [0.25, 0.3) is 5.82 Å². The van der Waals surface area contributed by atoms with Crippen molar-refractivity contribution in [2.45, 2.75) is 143 Å². The molecule has 0 saturated carbocycles. The highest BCUT2D eigenvalue weighted by Crippen LogP contribution is 2.18. The summed E-state index contributed by atoms with van der Waals surface area (Å²) in [7, 11) is 2.46.